The molecule has 84 valence electrons. The van der Waals surface area contributed by atoms with Gasteiger partial charge in [-0.2, -0.15) is 0 Å². The molecule has 2 aromatic rings. The molecule has 0 unspecified atom stereocenters. The minimum Gasteiger partial charge on any atom is -0.469 e. The molecule has 2 heterocycles. The van der Waals surface area contributed by atoms with Gasteiger partial charge >= 0.3 is 0 Å². The summed E-state index contributed by atoms with van der Waals surface area (Å²) in [6.45, 7) is 0.605. The zero-order valence-electron chi connectivity index (χ0n) is 8.56. The minimum absolute atomic E-state index is 0.0990. The van der Waals surface area contributed by atoms with Gasteiger partial charge in [0.05, 0.1) is 12.6 Å². The van der Waals surface area contributed by atoms with Gasteiger partial charge in [0.15, 0.2) is 5.82 Å². The molecule has 0 aliphatic rings. The van der Waals surface area contributed by atoms with Crippen molar-refractivity contribution in [1.29, 1.82) is 0 Å². The molecule has 0 atom stereocenters. The fourth-order valence-corrected chi connectivity index (χ4v) is 1.31. The molecule has 0 amide bonds. The highest BCUT2D eigenvalue weighted by molar-refractivity contribution is 5.58. The maximum Gasteiger partial charge on any atom is 0.276 e. The molecule has 0 saturated heterocycles. The van der Waals surface area contributed by atoms with Crippen molar-refractivity contribution >= 4 is 11.5 Å². The number of furan rings is 1. The van der Waals surface area contributed by atoms with Crippen molar-refractivity contribution in [2.75, 3.05) is 17.6 Å². The first-order chi connectivity index (χ1) is 7.77. The summed E-state index contributed by atoms with van der Waals surface area (Å²) in [7, 11) is 0. The van der Waals surface area contributed by atoms with E-state index in [1.54, 1.807) is 6.26 Å². The standard InChI is InChI=1S/C10H12N4O2/c11-8-9(13-6-14-10(8)15)12-4-3-7-2-1-5-16-7/h1-2,5-6H,3-4,11H2,(H2,12,13,14,15). The lowest BCUT2D eigenvalue weighted by Gasteiger charge is -2.05. The van der Waals surface area contributed by atoms with Crippen molar-refractivity contribution in [2.24, 2.45) is 0 Å². The van der Waals surface area contributed by atoms with Crippen LogP contribution < -0.4 is 16.6 Å². The van der Waals surface area contributed by atoms with Gasteiger partial charge in [0.2, 0.25) is 0 Å². The number of aromatic amines is 1. The molecule has 2 rings (SSSR count). The van der Waals surface area contributed by atoms with Crippen LogP contribution in [0, 0.1) is 0 Å². The largest absolute Gasteiger partial charge is 0.469 e. The van der Waals surface area contributed by atoms with Crippen LogP contribution in [0.3, 0.4) is 0 Å². The smallest absolute Gasteiger partial charge is 0.276 e. The third-order valence-electron chi connectivity index (χ3n) is 2.13. The van der Waals surface area contributed by atoms with Gasteiger partial charge < -0.3 is 20.5 Å². The number of nitrogens with zero attached hydrogens (tertiary/aromatic N) is 1. The number of H-pyrrole nitrogens is 1. The molecular formula is C10H12N4O2. The lowest BCUT2D eigenvalue weighted by atomic mass is 10.3. The zero-order valence-corrected chi connectivity index (χ0v) is 8.56. The van der Waals surface area contributed by atoms with E-state index in [-0.39, 0.29) is 11.2 Å². The third kappa shape index (κ3) is 2.22. The monoisotopic (exact) mass is 220 g/mol. The van der Waals surface area contributed by atoms with E-state index in [2.05, 4.69) is 15.3 Å². The van der Waals surface area contributed by atoms with Crippen molar-refractivity contribution in [3.63, 3.8) is 0 Å². The van der Waals surface area contributed by atoms with Crippen LogP contribution in [-0.2, 0) is 6.42 Å². The molecule has 0 fully saturated rings. The summed E-state index contributed by atoms with van der Waals surface area (Å²) in [5.41, 5.74) is 5.31. The lowest BCUT2D eigenvalue weighted by molar-refractivity contribution is 0.513. The number of hydrogen-bond acceptors (Lipinski definition) is 5. The average Bonchev–Trinajstić information content (AvgIpc) is 2.77. The van der Waals surface area contributed by atoms with Gasteiger partial charge in [0.25, 0.3) is 5.56 Å². The van der Waals surface area contributed by atoms with Crippen LogP contribution in [0.5, 0.6) is 0 Å². The Labute approximate surface area is 91.5 Å². The van der Waals surface area contributed by atoms with Crippen LogP contribution in [0.4, 0.5) is 11.5 Å². The summed E-state index contributed by atoms with van der Waals surface area (Å²) in [5.74, 6) is 1.27. The van der Waals surface area contributed by atoms with Gasteiger partial charge in [0, 0.05) is 13.0 Å². The second-order valence-corrected chi connectivity index (χ2v) is 3.25. The maximum absolute atomic E-state index is 11.2. The molecule has 4 N–H and O–H groups in total. The quantitative estimate of drug-likeness (QED) is 0.701. The predicted octanol–water partition coefficient (Wildman–Crippen LogP) is 0.600. The van der Waals surface area contributed by atoms with E-state index < -0.39 is 0 Å². The Morgan fingerprint density at radius 3 is 3.19 bits per heavy atom. The molecular weight excluding hydrogens is 208 g/mol. The van der Waals surface area contributed by atoms with Gasteiger partial charge in [-0.05, 0) is 12.1 Å². The molecule has 0 aliphatic carbocycles. The van der Waals surface area contributed by atoms with Crippen LogP contribution in [0.25, 0.3) is 0 Å². The summed E-state index contributed by atoms with van der Waals surface area (Å²) in [6, 6.07) is 3.71. The molecule has 6 nitrogen and oxygen atoms in total. The van der Waals surface area contributed by atoms with Crippen molar-refractivity contribution in [2.45, 2.75) is 6.42 Å². The Morgan fingerprint density at radius 1 is 1.56 bits per heavy atom. The molecule has 0 aliphatic heterocycles. The molecule has 0 spiro atoms. The van der Waals surface area contributed by atoms with Crippen LogP contribution in [0.15, 0.2) is 33.9 Å². The van der Waals surface area contributed by atoms with Gasteiger partial charge in [-0.25, -0.2) is 4.98 Å². The first-order valence-corrected chi connectivity index (χ1v) is 4.87. The Bertz CT molecular complexity index is 504. The molecule has 16 heavy (non-hydrogen) atoms. The van der Waals surface area contributed by atoms with E-state index >= 15 is 0 Å². The maximum atomic E-state index is 11.2. The molecule has 0 aromatic carbocycles. The second kappa shape index (κ2) is 4.52. The highest BCUT2D eigenvalue weighted by atomic mass is 16.3. The second-order valence-electron chi connectivity index (χ2n) is 3.25. The van der Waals surface area contributed by atoms with Gasteiger partial charge in [-0.1, -0.05) is 0 Å². The Morgan fingerprint density at radius 2 is 2.44 bits per heavy atom. The van der Waals surface area contributed by atoms with Crippen molar-refractivity contribution in [1.82, 2.24) is 9.97 Å². The van der Waals surface area contributed by atoms with Crippen molar-refractivity contribution < 1.29 is 4.42 Å². The third-order valence-corrected chi connectivity index (χ3v) is 2.13. The number of hydrogen-bond donors (Lipinski definition) is 3. The number of nitrogens with two attached hydrogens (primary N) is 1. The Balaban J connectivity index is 1.95. The summed E-state index contributed by atoms with van der Waals surface area (Å²) in [6.07, 6.45) is 3.64. The fourth-order valence-electron chi connectivity index (χ4n) is 1.31. The number of nitrogens with one attached hydrogen (secondary N) is 2. The minimum atomic E-state index is -0.338. The molecule has 0 saturated carbocycles. The van der Waals surface area contributed by atoms with Gasteiger partial charge in [0.1, 0.15) is 11.4 Å². The molecule has 0 bridgehead atoms. The van der Waals surface area contributed by atoms with Gasteiger partial charge in [-0.3, -0.25) is 4.79 Å². The first kappa shape index (κ1) is 10.3. The van der Waals surface area contributed by atoms with E-state index in [1.807, 2.05) is 12.1 Å². The predicted molar refractivity (Wildman–Crippen MR) is 60.2 cm³/mol. The Kier molecular flexibility index (Phi) is 2.90. The number of aromatic nitrogens is 2. The molecule has 6 heteroatoms. The van der Waals surface area contributed by atoms with E-state index in [4.69, 9.17) is 10.2 Å². The average molecular weight is 220 g/mol. The normalized spacial score (nSPS) is 10.2. The Hall–Kier alpha value is -2.24. The molecule has 0 radical (unpaired) electrons. The highest BCUT2D eigenvalue weighted by Crippen LogP contribution is 2.07. The number of rotatable bonds is 4. The van der Waals surface area contributed by atoms with E-state index in [0.29, 0.717) is 18.8 Å². The summed E-state index contributed by atoms with van der Waals surface area (Å²) < 4.78 is 5.17. The first-order valence-electron chi connectivity index (χ1n) is 4.87. The van der Waals surface area contributed by atoms with E-state index in [0.717, 1.165) is 5.76 Å². The summed E-state index contributed by atoms with van der Waals surface area (Å²) in [4.78, 5) is 17.5. The molecule has 2 aromatic heterocycles. The number of anilines is 2. The van der Waals surface area contributed by atoms with E-state index in [9.17, 15) is 4.79 Å². The van der Waals surface area contributed by atoms with Crippen molar-refractivity contribution in [3.8, 4) is 0 Å². The van der Waals surface area contributed by atoms with Gasteiger partial charge in [-0.15, -0.1) is 0 Å². The highest BCUT2D eigenvalue weighted by Gasteiger charge is 2.03. The topological polar surface area (TPSA) is 96.9 Å². The number of nitrogen functional groups attached to an aromatic ring is 1. The van der Waals surface area contributed by atoms with Crippen LogP contribution in [0.1, 0.15) is 5.76 Å². The fraction of sp³-hybridized carbons (Fsp3) is 0.200. The van der Waals surface area contributed by atoms with Crippen LogP contribution >= 0.6 is 0 Å². The van der Waals surface area contributed by atoms with Crippen LogP contribution in [-0.4, -0.2) is 16.5 Å². The van der Waals surface area contributed by atoms with Crippen molar-refractivity contribution in [3.05, 3.63) is 40.8 Å². The lowest BCUT2D eigenvalue weighted by Crippen LogP contribution is -2.17. The summed E-state index contributed by atoms with van der Waals surface area (Å²) in [5, 5.41) is 2.98. The zero-order chi connectivity index (χ0) is 11.4. The summed E-state index contributed by atoms with van der Waals surface area (Å²) >= 11 is 0. The SMILES string of the molecule is Nc1c(NCCc2ccco2)nc[nH]c1=O. The van der Waals surface area contributed by atoms with E-state index in [1.165, 1.54) is 6.33 Å². The van der Waals surface area contributed by atoms with Crippen LogP contribution in [0.2, 0.25) is 0 Å².